The molecule has 1 N–H and O–H groups in total. The van der Waals surface area contributed by atoms with Gasteiger partial charge in [0.1, 0.15) is 16.2 Å². The van der Waals surface area contributed by atoms with Gasteiger partial charge in [-0.15, -0.1) is 10.2 Å². The summed E-state index contributed by atoms with van der Waals surface area (Å²) in [6.07, 6.45) is 0. The smallest absolute Gasteiger partial charge is 0.349 e. The van der Waals surface area contributed by atoms with Gasteiger partial charge in [-0.25, -0.2) is 4.79 Å². The second-order valence-corrected chi connectivity index (χ2v) is 7.25. The number of nitrogens with zero attached hydrogens (tertiary/aromatic N) is 2. The zero-order valence-corrected chi connectivity index (χ0v) is 15.5. The zero-order chi connectivity index (χ0) is 18.1. The van der Waals surface area contributed by atoms with Crippen LogP contribution in [0.3, 0.4) is 0 Å². The Morgan fingerprint density at radius 3 is 2.65 bits per heavy atom. The summed E-state index contributed by atoms with van der Waals surface area (Å²) in [5, 5.41) is 12.3. The van der Waals surface area contributed by atoms with Gasteiger partial charge in [0.05, 0.1) is 0 Å². The molecule has 0 radical (unpaired) electrons. The minimum absolute atomic E-state index is 0.0795. The molecule has 8 heteroatoms. The van der Waals surface area contributed by atoms with Crippen molar-refractivity contribution in [2.45, 2.75) is 0 Å². The number of carbonyl (C=O) groups is 1. The van der Waals surface area contributed by atoms with Crippen LogP contribution in [0.25, 0.3) is 21.5 Å². The summed E-state index contributed by atoms with van der Waals surface area (Å²) >= 11 is 4.60. The second-order valence-electron chi connectivity index (χ2n) is 5.36. The lowest BCUT2D eigenvalue weighted by Gasteiger charge is -2.01. The fourth-order valence-corrected chi connectivity index (χ4v) is 3.38. The van der Waals surface area contributed by atoms with Crippen LogP contribution in [-0.2, 0) is 0 Å². The van der Waals surface area contributed by atoms with Gasteiger partial charge in [-0.1, -0.05) is 57.6 Å². The van der Waals surface area contributed by atoms with Gasteiger partial charge in [-0.2, -0.15) is 0 Å². The van der Waals surface area contributed by atoms with Crippen LogP contribution in [0, 0.1) is 0 Å². The number of para-hydroxylation sites is 1. The molecule has 4 rings (SSSR count). The van der Waals surface area contributed by atoms with Gasteiger partial charge in [0.15, 0.2) is 0 Å². The van der Waals surface area contributed by atoms with Crippen molar-refractivity contribution in [2.75, 3.05) is 5.32 Å². The lowest BCUT2D eigenvalue weighted by molar-refractivity contribution is 0.102. The Labute approximate surface area is 159 Å². The number of benzene rings is 2. The first-order chi connectivity index (χ1) is 12.6. The van der Waals surface area contributed by atoms with Crippen LogP contribution in [-0.4, -0.2) is 16.1 Å². The fraction of sp³-hybridized carbons (Fsp3) is 0. The Kier molecular flexibility index (Phi) is 4.36. The molecule has 0 saturated heterocycles. The minimum Gasteiger partial charge on any atom is -0.422 e. The van der Waals surface area contributed by atoms with Gasteiger partial charge >= 0.3 is 5.63 Å². The summed E-state index contributed by atoms with van der Waals surface area (Å²) in [5.74, 6) is -0.581. The molecule has 1 amide bonds. The average molecular weight is 428 g/mol. The van der Waals surface area contributed by atoms with E-state index in [4.69, 9.17) is 4.42 Å². The van der Waals surface area contributed by atoms with E-state index in [1.54, 1.807) is 24.3 Å². The Bertz CT molecular complexity index is 1170. The number of nitrogens with one attached hydrogen (secondary N) is 1. The highest BCUT2D eigenvalue weighted by Crippen LogP contribution is 2.27. The summed E-state index contributed by atoms with van der Waals surface area (Å²) in [6, 6.07) is 16.1. The average Bonchev–Trinajstić information content (AvgIpc) is 3.10. The maximum absolute atomic E-state index is 12.4. The highest BCUT2D eigenvalue weighted by molar-refractivity contribution is 9.10. The first kappa shape index (κ1) is 16.6. The molecule has 128 valence electrons. The predicted octanol–water partition coefficient (Wildman–Crippen LogP) is 4.33. The lowest BCUT2D eigenvalue weighted by atomic mass is 10.2. The molecule has 6 nitrogen and oxygen atoms in total. The lowest BCUT2D eigenvalue weighted by Crippen LogP contribution is -2.20. The maximum atomic E-state index is 12.4. The van der Waals surface area contributed by atoms with E-state index in [2.05, 4.69) is 31.4 Å². The summed E-state index contributed by atoms with van der Waals surface area (Å²) in [5.41, 5.74) is 0.543. The molecule has 2 heterocycles. The third-order valence-corrected chi connectivity index (χ3v) is 5.04. The van der Waals surface area contributed by atoms with E-state index in [-0.39, 0.29) is 5.56 Å². The molecule has 0 fully saturated rings. The SMILES string of the molecule is O=C(Nc1nnc(-c2ccc(Br)cc2)s1)c1cc2ccccc2oc1=O. The number of carbonyl (C=O) groups excluding carboxylic acids is 1. The maximum Gasteiger partial charge on any atom is 0.349 e. The molecular weight excluding hydrogens is 418 g/mol. The molecule has 0 aliphatic heterocycles. The van der Waals surface area contributed by atoms with Crippen molar-refractivity contribution in [3.05, 3.63) is 75.1 Å². The summed E-state index contributed by atoms with van der Waals surface area (Å²) in [4.78, 5) is 24.5. The van der Waals surface area contributed by atoms with Crippen LogP contribution in [0.5, 0.6) is 0 Å². The quantitative estimate of drug-likeness (QED) is 0.491. The molecule has 0 aliphatic rings. The van der Waals surface area contributed by atoms with Gasteiger partial charge in [0.25, 0.3) is 5.91 Å². The van der Waals surface area contributed by atoms with Crippen LogP contribution in [0.2, 0.25) is 0 Å². The Morgan fingerprint density at radius 1 is 1.08 bits per heavy atom. The molecule has 0 aliphatic carbocycles. The number of fused-ring (bicyclic) bond motifs is 1. The normalized spacial score (nSPS) is 10.8. The highest BCUT2D eigenvalue weighted by atomic mass is 79.9. The number of halogens is 1. The Balaban J connectivity index is 1.60. The molecule has 0 bridgehead atoms. The van der Waals surface area contributed by atoms with Gasteiger partial charge < -0.3 is 4.42 Å². The Morgan fingerprint density at radius 2 is 1.85 bits per heavy atom. The number of hydrogen-bond donors (Lipinski definition) is 1. The fourth-order valence-electron chi connectivity index (χ4n) is 2.37. The number of amides is 1. The van der Waals surface area contributed by atoms with Crippen LogP contribution in [0.1, 0.15) is 10.4 Å². The zero-order valence-electron chi connectivity index (χ0n) is 13.1. The summed E-state index contributed by atoms with van der Waals surface area (Å²) in [7, 11) is 0. The molecule has 0 atom stereocenters. The minimum atomic E-state index is -0.696. The van der Waals surface area contributed by atoms with E-state index < -0.39 is 11.5 Å². The van der Waals surface area contributed by atoms with Gasteiger partial charge in [-0.3, -0.25) is 10.1 Å². The van der Waals surface area contributed by atoms with E-state index >= 15 is 0 Å². The standard InChI is InChI=1S/C18H10BrN3O3S/c19-12-7-5-10(6-8-12)16-21-22-18(26-16)20-15(23)13-9-11-3-1-2-4-14(11)25-17(13)24/h1-9H,(H,20,22,23). The van der Waals surface area contributed by atoms with Crippen molar-refractivity contribution in [3.63, 3.8) is 0 Å². The van der Waals surface area contributed by atoms with E-state index in [0.29, 0.717) is 21.1 Å². The summed E-state index contributed by atoms with van der Waals surface area (Å²) in [6.45, 7) is 0. The van der Waals surface area contributed by atoms with Crippen LogP contribution in [0.15, 0.2) is 68.3 Å². The molecular formula is C18H10BrN3O3S. The van der Waals surface area contributed by atoms with Crippen molar-refractivity contribution in [1.29, 1.82) is 0 Å². The summed E-state index contributed by atoms with van der Waals surface area (Å²) < 4.78 is 6.14. The number of anilines is 1. The molecule has 0 saturated carbocycles. The van der Waals surface area contributed by atoms with E-state index in [0.717, 1.165) is 10.0 Å². The molecule has 4 aromatic rings. The monoisotopic (exact) mass is 427 g/mol. The van der Waals surface area contributed by atoms with Crippen molar-refractivity contribution >= 4 is 49.3 Å². The Hall–Kier alpha value is -2.84. The molecule has 2 aromatic heterocycles. The molecule has 0 spiro atoms. The van der Waals surface area contributed by atoms with Gasteiger partial charge in [0.2, 0.25) is 5.13 Å². The van der Waals surface area contributed by atoms with Crippen molar-refractivity contribution in [2.24, 2.45) is 0 Å². The van der Waals surface area contributed by atoms with Crippen LogP contribution in [0.4, 0.5) is 5.13 Å². The number of hydrogen-bond acceptors (Lipinski definition) is 6. The predicted molar refractivity (Wildman–Crippen MR) is 103 cm³/mol. The first-order valence-electron chi connectivity index (χ1n) is 7.54. The van der Waals surface area contributed by atoms with E-state index in [1.807, 2.05) is 24.3 Å². The van der Waals surface area contributed by atoms with Crippen molar-refractivity contribution < 1.29 is 9.21 Å². The largest absolute Gasteiger partial charge is 0.422 e. The highest BCUT2D eigenvalue weighted by Gasteiger charge is 2.16. The van der Waals surface area contributed by atoms with Crippen molar-refractivity contribution in [3.8, 4) is 10.6 Å². The topological polar surface area (TPSA) is 85.1 Å². The molecule has 2 aromatic carbocycles. The number of aromatic nitrogens is 2. The van der Waals surface area contributed by atoms with Crippen LogP contribution >= 0.6 is 27.3 Å². The van der Waals surface area contributed by atoms with Crippen LogP contribution < -0.4 is 10.9 Å². The van der Waals surface area contributed by atoms with E-state index in [9.17, 15) is 9.59 Å². The first-order valence-corrected chi connectivity index (χ1v) is 9.15. The molecule has 26 heavy (non-hydrogen) atoms. The third-order valence-electron chi connectivity index (χ3n) is 3.62. The number of rotatable bonds is 3. The second kappa shape index (κ2) is 6.81. The van der Waals surface area contributed by atoms with E-state index in [1.165, 1.54) is 17.4 Å². The van der Waals surface area contributed by atoms with Crippen molar-refractivity contribution in [1.82, 2.24) is 10.2 Å². The van der Waals surface area contributed by atoms with Gasteiger partial charge in [-0.05, 0) is 24.3 Å². The molecule has 0 unspecified atom stereocenters. The third kappa shape index (κ3) is 3.29. The van der Waals surface area contributed by atoms with Gasteiger partial charge in [0, 0.05) is 15.4 Å².